The zero-order valence-electron chi connectivity index (χ0n) is 13.1. The maximum Gasteiger partial charge on any atom is 0.275 e. The van der Waals surface area contributed by atoms with Gasteiger partial charge in [-0.2, -0.15) is 0 Å². The van der Waals surface area contributed by atoms with Crippen molar-refractivity contribution in [2.24, 2.45) is 0 Å². The van der Waals surface area contributed by atoms with Crippen molar-refractivity contribution in [3.63, 3.8) is 0 Å². The number of hydrogen-bond acceptors (Lipinski definition) is 3. The summed E-state index contributed by atoms with van der Waals surface area (Å²) in [5.41, 5.74) is 1.18. The van der Waals surface area contributed by atoms with Crippen LogP contribution in [0.2, 0.25) is 0 Å². The molecule has 1 aliphatic heterocycles. The van der Waals surface area contributed by atoms with E-state index in [-0.39, 0.29) is 11.8 Å². The number of piperazine rings is 1. The van der Waals surface area contributed by atoms with E-state index in [0.29, 0.717) is 26.2 Å². The third-order valence-electron chi connectivity index (χ3n) is 3.81. The Morgan fingerprint density at radius 3 is 2.86 bits per heavy atom. The second kappa shape index (κ2) is 8.38. The van der Waals surface area contributed by atoms with Crippen molar-refractivity contribution in [1.82, 2.24) is 10.6 Å². The van der Waals surface area contributed by atoms with Crippen molar-refractivity contribution in [2.45, 2.75) is 6.42 Å². The quantitative estimate of drug-likeness (QED) is 0.546. The maximum absolute atomic E-state index is 11.9. The van der Waals surface area contributed by atoms with Gasteiger partial charge >= 0.3 is 0 Å². The highest BCUT2D eigenvalue weighted by molar-refractivity contribution is 5.79. The van der Waals surface area contributed by atoms with Crippen LogP contribution in [0.5, 0.6) is 0 Å². The van der Waals surface area contributed by atoms with Gasteiger partial charge < -0.3 is 20.4 Å². The molecule has 0 bridgehead atoms. The summed E-state index contributed by atoms with van der Waals surface area (Å²) in [7, 11) is 2.05. The second-order valence-corrected chi connectivity index (χ2v) is 5.66. The van der Waals surface area contributed by atoms with Crippen LogP contribution in [0.4, 0.5) is 5.69 Å². The molecule has 3 N–H and O–H groups in total. The van der Waals surface area contributed by atoms with Crippen LogP contribution < -0.4 is 20.4 Å². The number of para-hydroxylation sites is 1. The molecular weight excluding hydrogens is 280 g/mol. The number of quaternary nitrogens is 1. The molecule has 1 unspecified atom stereocenters. The van der Waals surface area contributed by atoms with Crippen LogP contribution in [-0.4, -0.2) is 58.1 Å². The first kappa shape index (κ1) is 16.3. The van der Waals surface area contributed by atoms with Gasteiger partial charge in [-0.25, -0.2) is 0 Å². The second-order valence-electron chi connectivity index (χ2n) is 5.66. The summed E-state index contributed by atoms with van der Waals surface area (Å²) in [5.74, 6) is 0.0469. The van der Waals surface area contributed by atoms with Gasteiger partial charge in [-0.15, -0.1) is 0 Å². The molecule has 0 aliphatic carbocycles. The first-order valence-electron chi connectivity index (χ1n) is 7.78. The molecular formula is C16H25N4O2+. The molecule has 1 aromatic rings. The molecule has 2 amide bonds. The summed E-state index contributed by atoms with van der Waals surface area (Å²) in [6.45, 7) is 3.80. The van der Waals surface area contributed by atoms with Crippen LogP contribution in [0.15, 0.2) is 30.3 Å². The normalized spacial score (nSPS) is 17.7. The summed E-state index contributed by atoms with van der Waals surface area (Å²) in [6.07, 6.45) is 0.896. The van der Waals surface area contributed by atoms with Gasteiger partial charge in [-0.05, 0) is 18.6 Å². The Labute approximate surface area is 131 Å². The maximum atomic E-state index is 11.9. The van der Waals surface area contributed by atoms with Crippen LogP contribution in [0, 0.1) is 0 Å². The van der Waals surface area contributed by atoms with Gasteiger partial charge in [0.1, 0.15) is 0 Å². The molecule has 1 saturated heterocycles. The monoisotopic (exact) mass is 305 g/mol. The Hall–Kier alpha value is -2.08. The summed E-state index contributed by atoms with van der Waals surface area (Å²) < 4.78 is 0. The van der Waals surface area contributed by atoms with Crippen molar-refractivity contribution in [1.29, 1.82) is 0 Å². The van der Waals surface area contributed by atoms with Gasteiger partial charge in [0.05, 0.1) is 13.1 Å². The van der Waals surface area contributed by atoms with Crippen LogP contribution >= 0.6 is 0 Å². The standard InChI is InChI=1S/C16H24N4O2/c1-19(14-6-3-2-4-7-14)10-5-8-17-15(21)12-20-11-9-18-16(22)13-20/h2-4,6-7H,5,8-13H2,1H3,(H,17,21)(H,18,22)/p+1. The lowest BCUT2D eigenvalue weighted by Crippen LogP contribution is -3.16. The van der Waals surface area contributed by atoms with E-state index >= 15 is 0 Å². The number of carbonyl (C=O) groups is 2. The molecule has 0 radical (unpaired) electrons. The van der Waals surface area contributed by atoms with Crippen molar-refractivity contribution >= 4 is 17.5 Å². The lowest BCUT2D eigenvalue weighted by Gasteiger charge is -2.23. The number of anilines is 1. The Kier molecular flexibility index (Phi) is 6.21. The van der Waals surface area contributed by atoms with E-state index < -0.39 is 0 Å². The number of hydrogen-bond donors (Lipinski definition) is 3. The Balaban J connectivity index is 1.60. The SMILES string of the molecule is CN(CCCNC(=O)C[NH+]1CCNC(=O)C1)c1ccccc1. The fourth-order valence-electron chi connectivity index (χ4n) is 2.55. The van der Waals surface area contributed by atoms with Crippen LogP contribution in [-0.2, 0) is 9.59 Å². The van der Waals surface area contributed by atoms with Crippen molar-refractivity contribution in [2.75, 3.05) is 51.2 Å². The van der Waals surface area contributed by atoms with Gasteiger partial charge in [-0.3, -0.25) is 9.59 Å². The van der Waals surface area contributed by atoms with E-state index in [9.17, 15) is 9.59 Å². The fourth-order valence-corrected chi connectivity index (χ4v) is 2.55. The lowest BCUT2D eigenvalue weighted by molar-refractivity contribution is -0.885. The van der Waals surface area contributed by atoms with Gasteiger partial charge in [0.15, 0.2) is 13.1 Å². The number of nitrogens with zero attached hydrogens (tertiary/aromatic N) is 1. The molecule has 6 heteroatoms. The number of amides is 2. The van der Waals surface area contributed by atoms with E-state index in [1.165, 1.54) is 5.69 Å². The predicted molar refractivity (Wildman–Crippen MR) is 85.9 cm³/mol. The van der Waals surface area contributed by atoms with E-state index in [1.54, 1.807) is 0 Å². The minimum Gasteiger partial charge on any atom is -0.375 e. The average molecular weight is 305 g/mol. The van der Waals surface area contributed by atoms with Crippen LogP contribution in [0.25, 0.3) is 0 Å². The van der Waals surface area contributed by atoms with E-state index in [0.717, 1.165) is 24.4 Å². The minimum absolute atomic E-state index is 0.0204. The molecule has 2 rings (SSSR count). The van der Waals surface area contributed by atoms with Crippen molar-refractivity contribution in [3.05, 3.63) is 30.3 Å². The summed E-state index contributed by atoms with van der Waals surface area (Å²) in [5, 5.41) is 5.70. The van der Waals surface area contributed by atoms with Crippen LogP contribution in [0.1, 0.15) is 6.42 Å². The third kappa shape index (κ3) is 5.37. The number of benzene rings is 1. The number of carbonyl (C=O) groups excluding carboxylic acids is 2. The van der Waals surface area contributed by atoms with E-state index in [4.69, 9.17) is 0 Å². The molecule has 0 saturated carbocycles. The molecule has 120 valence electrons. The highest BCUT2D eigenvalue weighted by atomic mass is 16.2. The summed E-state index contributed by atoms with van der Waals surface area (Å²) in [6, 6.07) is 10.2. The third-order valence-corrected chi connectivity index (χ3v) is 3.81. The Morgan fingerprint density at radius 2 is 2.14 bits per heavy atom. The highest BCUT2D eigenvalue weighted by Gasteiger charge is 2.21. The van der Waals surface area contributed by atoms with E-state index in [2.05, 4.69) is 27.7 Å². The van der Waals surface area contributed by atoms with Gasteiger partial charge in [0.25, 0.3) is 11.8 Å². The van der Waals surface area contributed by atoms with Gasteiger partial charge in [0, 0.05) is 25.8 Å². The van der Waals surface area contributed by atoms with Crippen LogP contribution in [0.3, 0.4) is 0 Å². The van der Waals surface area contributed by atoms with Crippen molar-refractivity contribution in [3.8, 4) is 0 Å². The minimum atomic E-state index is 0.0204. The summed E-state index contributed by atoms with van der Waals surface area (Å²) in [4.78, 5) is 26.3. The molecule has 1 aromatic carbocycles. The molecule has 0 aromatic heterocycles. The average Bonchev–Trinajstić information content (AvgIpc) is 2.52. The molecule has 1 atom stereocenters. The molecule has 22 heavy (non-hydrogen) atoms. The molecule has 0 spiro atoms. The smallest absolute Gasteiger partial charge is 0.275 e. The first-order chi connectivity index (χ1) is 10.6. The first-order valence-corrected chi connectivity index (χ1v) is 7.78. The number of rotatable bonds is 7. The van der Waals surface area contributed by atoms with E-state index in [1.807, 2.05) is 25.2 Å². The van der Waals surface area contributed by atoms with Crippen molar-refractivity contribution < 1.29 is 14.5 Å². The largest absolute Gasteiger partial charge is 0.375 e. The van der Waals surface area contributed by atoms with Gasteiger partial charge in [-0.1, -0.05) is 18.2 Å². The highest BCUT2D eigenvalue weighted by Crippen LogP contribution is 2.10. The lowest BCUT2D eigenvalue weighted by atomic mass is 10.3. The molecule has 1 fully saturated rings. The Bertz CT molecular complexity index is 492. The topological polar surface area (TPSA) is 65.9 Å². The van der Waals surface area contributed by atoms with Gasteiger partial charge in [0.2, 0.25) is 0 Å². The predicted octanol–water partition coefficient (Wildman–Crippen LogP) is -1.36. The fraction of sp³-hybridized carbons (Fsp3) is 0.500. The zero-order valence-corrected chi connectivity index (χ0v) is 13.1. The molecule has 6 nitrogen and oxygen atoms in total. The zero-order chi connectivity index (χ0) is 15.8. The molecule has 1 heterocycles. The Morgan fingerprint density at radius 1 is 1.36 bits per heavy atom. The summed E-state index contributed by atoms with van der Waals surface area (Å²) >= 11 is 0. The molecule has 1 aliphatic rings. The number of nitrogens with one attached hydrogen (secondary N) is 3.